The molecule has 0 bridgehead atoms. The van der Waals surface area contributed by atoms with Crippen molar-refractivity contribution < 1.29 is 13.2 Å². The number of H-pyrrole nitrogens is 1. The van der Waals surface area contributed by atoms with Crippen molar-refractivity contribution in [3.63, 3.8) is 0 Å². The summed E-state index contributed by atoms with van der Waals surface area (Å²) < 4.78 is 25.5. The van der Waals surface area contributed by atoms with E-state index in [1.165, 1.54) is 20.0 Å². The summed E-state index contributed by atoms with van der Waals surface area (Å²) in [6, 6.07) is -0.737. The number of imidazole rings is 1. The molecule has 0 radical (unpaired) electrons. The fourth-order valence-corrected chi connectivity index (χ4v) is 2.15. The number of carbonyl (C=O) groups is 1. The zero-order valence-corrected chi connectivity index (χ0v) is 9.55. The minimum absolute atomic E-state index is 0.0342. The number of rotatable bonds is 4. The Kier molecular flexibility index (Phi) is 3.25. The first-order valence-corrected chi connectivity index (χ1v) is 5.85. The van der Waals surface area contributed by atoms with Gasteiger partial charge in [-0.15, -0.1) is 0 Å². The summed E-state index contributed by atoms with van der Waals surface area (Å²) in [7, 11) is -3.67. The minimum Gasteiger partial charge on any atom is -0.332 e. The number of aromatic amines is 1. The van der Waals surface area contributed by atoms with Crippen molar-refractivity contribution in [2.45, 2.75) is 31.8 Å². The summed E-state index contributed by atoms with van der Waals surface area (Å²) in [6.07, 6.45) is 1.21. The van der Waals surface area contributed by atoms with Gasteiger partial charge in [0, 0.05) is 0 Å². The van der Waals surface area contributed by atoms with Crippen LogP contribution in [-0.4, -0.2) is 30.2 Å². The molecule has 7 heteroatoms. The Labute approximate surface area is 88.2 Å². The fraction of sp³-hybridized carbons (Fsp3) is 0.500. The second kappa shape index (κ2) is 4.11. The van der Waals surface area contributed by atoms with Gasteiger partial charge in [0.1, 0.15) is 11.6 Å². The van der Waals surface area contributed by atoms with Crippen molar-refractivity contribution in [2.24, 2.45) is 0 Å². The highest BCUT2D eigenvalue weighted by Gasteiger charge is 2.21. The minimum atomic E-state index is -3.67. The maximum Gasteiger partial charge on any atom is 0.258 e. The van der Waals surface area contributed by atoms with Crippen molar-refractivity contribution in [1.29, 1.82) is 0 Å². The quantitative estimate of drug-likeness (QED) is 0.761. The van der Waals surface area contributed by atoms with Crippen LogP contribution in [0.15, 0.2) is 11.2 Å². The molecule has 0 aliphatic carbocycles. The first-order valence-electron chi connectivity index (χ1n) is 4.37. The summed E-state index contributed by atoms with van der Waals surface area (Å²) >= 11 is 0. The average Bonchev–Trinajstić information content (AvgIpc) is 2.51. The topological polar surface area (TPSA) is 91.9 Å². The molecule has 15 heavy (non-hydrogen) atoms. The van der Waals surface area contributed by atoms with Crippen LogP contribution in [0.5, 0.6) is 0 Å². The molecule has 0 amide bonds. The van der Waals surface area contributed by atoms with E-state index in [9.17, 15) is 13.2 Å². The number of nitrogens with zero attached hydrogens (tertiary/aromatic N) is 1. The molecule has 0 aliphatic heterocycles. The van der Waals surface area contributed by atoms with E-state index in [2.05, 4.69) is 14.7 Å². The van der Waals surface area contributed by atoms with E-state index in [-0.39, 0.29) is 10.8 Å². The molecule has 2 N–H and O–H groups in total. The fourth-order valence-electron chi connectivity index (χ4n) is 0.914. The van der Waals surface area contributed by atoms with Crippen LogP contribution < -0.4 is 4.72 Å². The molecule has 1 aromatic heterocycles. The Balaban J connectivity index is 2.90. The Bertz CT molecular complexity index is 463. The highest BCUT2D eigenvalue weighted by molar-refractivity contribution is 7.89. The molecule has 0 spiro atoms. The zero-order chi connectivity index (χ0) is 11.6. The molecule has 6 nitrogen and oxygen atoms in total. The lowest BCUT2D eigenvalue weighted by Crippen LogP contribution is -2.37. The second-order valence-electron chi connectivity index (χ2n) is 3.29. The van der Waals surface area contributed by atoms with Gasteiger partial charge in [-0.25, -0.2) is 13.4 Å². The summed E-state index contributed by atoms with van der Waals surface area (Å²) in [6.45, 7) is 4.46. The Morgan fingerprint density at radius 1 is 1.60 bits per heavy atom. The lowest BCUT2D eigenvalue weighted by molar-refractivity contribution is -0.118. The predicted molar refractivity (Wildman–Crippen MR) is 53.8 cm³/mol. The summed E-state index contributed by atoms with van der Waals surface area (Å²) in [5.41, 5.74) is 0. The molecule has 1 unspecified atom stereocenters. The van der Waals surface area contributed by atoms with Crippen LogP contribution in [0.1, 0.15) is 19.7 Å². The normalized spacial score (nSPS) is 13.8. The molecule has 0 saturated heterocycles. The SMILES string of the molecule is CC(=O)C(C)NS(=O)(=O)c1cnc(C)[nH]1. The van der Waals surface area contributed by atoms with Gasteiger partial charge in [0.15, 0.2) is 5.03 Å². The zero-order valence-electron chi connectivity index (χ0n) is 8.73. The molecule has 1 rings (SSSR count). The van der Waals surface area contributed by atoms with E-state index in [0.717, 1.165) is 0 Å². The summed E-state index contributed by atoms with van der Waals surface area (Å²) in [5, 5.41) is -0.0342. The van der Waals surface area contributed by atoms with E-state index in [0.29, 0.717) is 5.82 Å². The molecule has 1 heterocycles. The standard InChI is InChI=1S/C8H13N3O3S/c1-5(6(2)12)11-15(13,14)8-4-9-7(3)10-8/h4-5,11H,1-3H3,(H,9,10). The number of Topliss-reactive ketones (excluding diaryl/α,β-unsaturated/α-hetero) is 1. The van der Waals surface area contributed by atoms with Crippen molar-refractivity contribution in [1.82, 2.24) is 14.7 Å². The highest BCUT2D eigenvalue weighted by atomic mass is 32.2. The van der Waals surface area contributed by atoms with Gasteiger partial charge in [-0.2, -0.15) is 4.72 Å². The third-order valence-electron chi connectivity index (χ3n) is 1.91. The van der Waals surface area contributed by atoms with E-state index >= 15 is 0 Å². The van der Waals surface area contributed by atoms with Gasteiger partial charge >= 0.3 is 0 Å². The Morgan fingerprint density at radius 3 is 2.60 bits per heavy atom. The predicted octanol–water partition coefficient (Wildman–Crippen LogP) is -0.0261. The van der Waals surface area contributed by atoms with Crippen LogP contribution >= 0.6 is 0 Å². The van der Waals surface area contributed by atoms with Crippen LogP contribution in [0.25, 0.3) is 0 Å². The molecular formula is C8H13N3O3S. The van der Waals surface area contributed by atoms with E-state index < -0.39 is 16.1 Å². The number of aromatic nitrogens is 2. The van der Waals surface area contributed by atoms with Crippen LogP contribution in [0.2, 0.25) is 0 Å². The highest BCUT2D eigenvalue weighted by Crippen LogP contribution is 2.05. The van der Waals surface area contributed by atoms with E-state index in [1.807, 2.05) is 0 Å². The number of ketones is 1. The molecule has 1 aromatic rings. The maximum absolute atomic E-state index is 11.6. The third-order valence-corrected chi connectivity index (χ3v) is 3.36. The Hall–Kier alpha value is -1.21. The number of hydrogen-bond acceptors (Lipinski definition) is 4. The molecule has 0 saturated carbocycles. The number of nitrogens with one attached hydrogen (secondary N) is 2. The average molecular weight is 231 g/mol. The van der Waals surface area contributed by atoms with Crippen molar-refractivity contribution in [3.05, 3.63) is 12.0 Å². The van der Waals surface area contributed by atoms with Gasteiger partial charge < -0.3 is 4.98 Å². The number of sulfonamides is 1. The second-order valence-corrected chi connectivity index (χ2v) is 4.97. The maximum atomic E-state index is 11.6. The molecule has 1 atom stereocenters. The van der Waals surface area contributed by atoms with E-state index in [1.54, 1.807) is 6.92 Å². The number of carbonyl (C=O) groups excluding carboxylic acids is 1. The first kappa shape index (κ1) is 11.9. The van der Waals surface area contributed by atoms with Gasteiger partial charge in [-0.05, 0) is 20.8 Å². The third kappa shape index (κ3) is 2.87. The van der Waals surface area contributed by atoms with Gasteiger partial charge in [-0.1, -0.05) is 0 Å². The van der Waals surface area contributed by atoms with Crippen LogP contribution in [-0.2, 0) is 14.8 Å². The van der Waals surface area contributed by atoms with Crippen molar-refractivity contribution >= 4 is 15.8 Å². The monoisotopic (exact) mass is 231 g/mol. The first-order chi connectivity index (χ1) is 6.83. The molecular weight excluding hydrogens is 218 g/mol. The summed E-state index contributed by atoms with van der Waals surface area (Å²) in [4.78, 5) is 17.3. The lowest BCUT2D eigenvalue weighted by Gasteiger charge is -2.09. The van der Waals surface area contributed by atoms with Gasteiger partial charge in [-0.3, -0.25) is 4.79 Å². The smallest absolute Gasteiger partial charge is 0.258 e. The number of hydrogen-bond donors (Lipinski definition) is 2. The van der Waals surface area contributed by atoms with Gasteiger partial charge in [0.25, 0.3) is 10.0 Å². The van der Waals surface area contributed by atoms with Crippen LogP contribution in [0, 0.1) is 6.92 Å². The summed E-state index contributed by atoms with van der Waals surface area (Å²) in [5.74, 6) is 0.265. The van der Waals surface area contributed by atoms with E-state index in [4.69, 9.17) is 0 Å². The molecule has 0 fully saturated rings. The lowest BCUT2D eigenvalue weighted by atomic mass is 10.3. The largest absolute Gasteiger partial charge is 0.332 e. The molecule has 0 aliphatic rings. The van der Waals surface area contributed by atoms with Gasteiger partial charge in [0.05, 0.1) is 12.2 Å². The van der Waals surface area contributed by atoms with Crippen molar-refractivity contribution in [2.75, 3.05) is 0 Å². The Morgan fingerprint density at radius 2 is 2.20 bits per heavy atom. The van der Waals surface area contributed by atoms with Crippen LogP contribution in [0.3, 0.4) is 0 Å². The molecule has 0 aromatic carbocycles. The van der Waals surface area contributed by atoms with Crippen LogP contribution in [0.4, 0.5) is 0 Å². The number of aryl methyl sites for hydroxylation is 1. The molecule has 84 valence electrons. The van der Waals surface area contributed by atoms with Crippen molar-refractivity contribution in [3.8, 4) is 0 Å². The van der Waals surface area contributed by atoms with Gasteiger partial charge in [0.2, 0.25) is 0 Å².